The molecular weight excluding hydrogens is 460 g/mol. The fourth-order valence-electron chi connectivity index (χ4n) is 4.01. The van der Waals surface area contributed by atoms with Crippen LogP contribution in [-0.4, -0.2) is 47.4 Å². The molecule has 6 nitrogen and oxygen atoms in total. The number of rotatable bonds is 8. The SMILES string of the molecule is CC[C@@H](C)N(CC(=O)N1CCc2sccc2[C@@H]1COc1ccc(Cl)cc1)C(=O)c1ccco1. The van der Waals surface area contributed by atoms with E-state index < -0.39 is 0 Å². The molecule has 1 aliphatic rings. The molecule has 0 aliphatic carbocycles. The molecule has 0 fully saturated rings. The number of halogens is 1. The van der Waals surface area contributed by atoms with Crippen molar-refractivity contribution in [1.29, 1.82) is 0 Å². The highest BCUT2D eigenvalue weighted by atomic mass is 35.5. The Bertz CT molecular complexity index is 1080. The van der Waals surface area contributed by atoms with Gasteiger partial charge < -0.3 is 19.0 Å². The minimum absolute atomic E-state index is 0.00848. The second kappa shape index (κ2) is 10.4. The van der Waals surface area contributed by atoms with Gasteiger partial charge in [-0.15, -0.1) is 11.3 Å². The molecule has 33 heavy (non-hydrogen) atoms. The van der Waals surface area contributed by atoms with Crippen molar-refractivity contribution in [3.05, 3.63) is 75.3 Å². The Labute approximate surface area is 202 Å². The third-order valence-corrected chi connectivity index (χ3v) is 7.31. The summed E-state index contributed by atoms with van der Waals surface area (Å²) in [6.07, 6.45) is 3.00. The number of carbonyl (C=O) groups excluding carboxylic acids is 2. The molecule has 0 radical (unpaired) electrons. The van der Waals surface area contributed by atoms with Gasteiger partial charge in [0.25, 0.3) is 5.91 Å². The Morgan fingerprint density at radius 3 is 2.76 bits per heavy atom. The van der Waals surface area contributed by atoms with Gasteiger partial charge in [0.15, 0.2) is 5.76 Å². The summed E-state index contributed by atoms with van der Waals surface area (Å²) in [7, 11) is 0. The highest BCUT2D eigenvalue weighted by molar-refractivity contribution is 7.10. The molecule has 0 bridgehead atoms. The maximum atomic E-state index is 13.5. The van der Waals surface area contributed by atoms with Crippen LogP contribution in [0.2, 0.25) is 5.02 Å². The second-order valence-electron chi connectivity index (χ2n) is 8.08. The topological polar surface area (TPSA) is 63.0 Å². The highest BCUT2D eigenvalue weighted by Gasteiger charge is 2.34. The second-order valence-corrected chi connectivity index (χ2v) is 9.52. The molecule has 3 heterocycles. The van der Waals surface area contributed by atoms with Gasteiger partial charge in [-0.05, 0) is 73.2 Å². The summed E-state index contributed by atoms with van der Waals surface area (Å²) in [5, 5.41) is 2.70. The Morgan fingerprint density at radius 1 is 1.27 bits per heavy atom. The predicted octanol–water partition coefficient (Wildman–Crippen LogP) is 5.44. The zero-order chi connectivity index (χ0) is 23.4. The Hall–Kier alpha value is -2.77. The van der Waals surface area contributed by atoms with Crippen molar-refractivity contribution >= 4 is 34.8 Å². The summed E-state index contributed by atoms with van der Waals surface area (Å²) in [5.74, 6) is 0.564. The van der Waals surface area contributed by atoms with Crippen molar-refractivity contribution in [2.24, 2.45) is 0 Å². The van der Waals surface area contributed by atoms with E-state index in [1.165, 1.54) is 11.1 Å². The zero-order valence-corrected chi connectivity index (χ0v) is 20.3. The van der Waals surface area contributed by atoms with Crippen LogP contribution in [0, 0.1) is 0 Å². The first-order valence-corrected chi connectivity index (χ1v) is 12.3. The number of ether oxygens (including phenoxy) is 1. The third kappa shape index (κ3) is 5.25. The lowest BCUT2D eigenvalue weighted by Crippen LogP contribution is -2.49. The van der Waals surface area contributed by atoms with E-state index in [-0.39, 0.29) is 36.2 Å². The number of fused-ring (bicyclic) bond motifs is 1. The van der Waals surface area contributed by atoms with E-state index >= 15 is 0 Å². The molecule has 0 spiro atoms. The van der Waals surface area contributed by atoms with Crippen molar-refractivity contribution in [2.45, 2.75) is 38.8 Å². The summed E-state index contributed by atoms with van der Waals surface area (Å²) in [6.45, 7) is 4.85. The molecule has 0 saturated carbocycles. The average molecular weight is 487 g/mol. The van der Waals surface area contributed by atoms with Crippen LogP contribution in [0.15, 0.2) is 58.5 Å². The Morgan fingerprint density at radius 2 is 2.06 bits per heavy atom. The summed E-state index contributed by atoms with van der Waals surface area (Å²) in [5.41, 5.74) is 1.11. The van der Waals surface area contributed by atoms with Gasteiger partial charge in [-0.2, -0.15) is 0 Å². The lowest BCUT2D eigenvalue weighted by molar-refractivity contribution is -0.136. The molecule has 0 saturated heterocycles. The van der Waals surface area contributed by atoms with Gasteiger partial charge in [-0.1, -0.05) is 18.5 Å². The quantitative estimate of drug-likeness (QED) is 0.425. The lowest BCUT2D eigenvalue weighted by Gasteiger charge is -2.38. The van der Waals surface area contributed by atoms with Gasteiger partial charge in [0.2, 0.25) is 5.91 Å². The van der Waals surface area contributed by atoms with E-state index in [2.05, 4.69) is 11.4 Å². The number of hydrogen-bond acceptors (Lipinski definition) is 5. The molecule has 2 amide bonds. The number of carbonyl (C=O) groups is 2. The molecule has 174 valence electrons. The van der Waals surface area contributed by atoms with Crippen LogP contribution in [0.5, 0.6) is 5.75 Å². The highest BCUT2D eigenvalue weighted by Crippen LogP contribution is 2.34. The van der Waals surface area contributed by atoms with E-state index in [0.717, 1.165) is 18.4 Å². The monoisotopic (exact) mass is 486 g/mol. The van der Waals surface area contributed by atoms with Crippen LogP contribution in [0.3, 0.4) is 0 Å². The molecule has 2 aromatic heterocycles. The minimum atomic E-state index is -0.273. The summed E-state index contributed by atoms with van der Waals surface area (Å²) in [6, 6.07) is 12.2. The summed E-state index contributed by atoms with van der Waals surface area (Å²) in [4.78, 5) is 31.3. The maximum absolute atomic E-state index is 13.5. The first kappa shape index (κ1) is 23.4. The van der Waals surface area contributed by atoms with Gasteiger partial charge in [0, 0.05) is 22.5 Å². The molecule has 4 rings (SSSR count). The van der Waals surface area contributed by atoms with Gasteiger partial charge in [-0.3, -0.25) is 9.59 Å². The molecule has 0 unspecified atom stereocenters. The normalized spacial score (nSPS) is 16.2. The summed E-state index contributed by atoms with van der Waals surface area (Å²) < 4.78 is 11.4. The van der Waals surface area contributed by atoms with E-state index in [4.69, 9.17) is 20.8 Å². The summed E-state index contributed by atoms with van der Waals surface area (Å²) >= 11 is 7.68. The van der Waals surface area contributed by atoms with Crippen LogP contribution in [-0.2, 0) is 11.2 Å². The van der Waals surface area contributed by atoms with Gasteiger partial charge in [0.05, 0.1) is 12.3 Å². The maximum Gasteiger partial charge on any atom is 0.290 e. The van der Waals surface area contributed by atoms with Gasteiger partial charge in [0.1, 0.15) is 18.9 Å². The molecule has 1 aliphatic heterocycles. The average Bonchev–Trinajstić information content (AvgIpc) is 3.53. The minimum Gasteiger partial charge on any atom is -0.491 e. The number of nitrogens with zero attached hydrogens (tertiary/aromatic N) is 2. The first-order valence-electron chi connectivity index (χ1n) is 11.1. The van der Waals surface area contributed by atoms with Crippen molar-refractivity contribution in [3.8, 4) is 5.75 Å². The zero-order valence-electron chi connectivity index (χ0n) is 18.7. The Kier molecular flexibility index (Phi) is 7.40. The van der Waals surface area contributed by atoms with E-state index in [1.54, 1.807) is 40.5 Å². The van der Waals surface area contributed by atoms with Gasteiger partial charge >= 0.3 is 0 Å². The van der Waals surface area contributed by atoms with Crippen LogP contribution in [0.1, 0.15) is 47.3 Å². The van der Waals surface area contributed by atoms with Crippen molar-refractivity contribution < 1.29 is 18.7 Å². The number of hydrogen-bond donors (Lipinski definition) is 0. The molecule has 2 atom stereocenters. The fraction of sp³-hybridized carbons (Fsp3) is 0.360. The van der Waals surface area contributed by atoms with Gasteiger partial charge in [-0.25, -0.2) is 0 Å². The number of benzene rings is 1. The molecule has 1 aromatic carbocycles. The molecule has 8 heteroatoms. The number of thiophene rings is 1. The van der Waals surface area contributed by atoms with E-state index in [9.17, 15) is 9.59 Å². The predicted molar refractivity (Wildman–Crippen MR) is 129 cm³/mol. The largest absolute Gasteiger partial charge is 0.491 e. The fourth-order valence-corrected chi connectivity index (χ4v) is 5.06. The standard InChI is InChI=1S/C25H27ClN2O4S/c1-3-17(2)28(25(30)22-5-4-13-31-22)15-24(29)27-12-10-23-20(11-14-33-23)21(27)16-32-19-8-6-18(26)7-9-19/h4-9,11,13-14,17,21H,3,10,12,15-16H2,1-2H3/t17-,21+/m1/s1. The number of furan rings is 1. The Balaban J connectivity index is 1.53. The molecule has 3 aromatic rings. The van der Waals surface area contributed by atoms with Crippen molar-refractivity contribution in [3.63, 3.8) is 0 Å². The van der Waals surface area contributed by atoms with E-state index in [1.807, 2.05) is 30.9 Å². The van der Waals surface area contributed by atoms with Crippen LogP contribution in [0.25, 0.3) is 0 Å². The lowest BCUT2D eigenvalue weighted by atomic mass is 10.00. The van der Waals surface area contributed by atoms with Crippen molar-refractivity contribution in [1.82, 2.24) is 9.80 Å². The van der Waals surface area contributed by atoms with Crippen molar-refractivity contribution in [2.75, 3.05) is 19.7 Å². The smallest absolute Gasteiger partial charge is 0.290 e. The third-order valence-electron chi connectivity index (χ3n) is 6.06. The van der Waals surface area contributed by atoms with E-state index in [0.29, 0.717) is 23.9 Å². The van der Waals surface area contributed by atoms with Crippen LogP contribution in [0.4, 0.5) is 0 Å². The number of amides is 2. The van der Waals surface area contributed by atoms with Crippen LogP contribution >= 0.6 is 22.9 Å². The first-order chi connectivity index (χ1) is 16.0. The molecule has 0 N–H and O–H groups in total. The van der Waals surface area contributed by atoms with Crippen LogP contribution < -0.4 is 4.74 Å². The molecular formula is C25H27ClN2O4S.